The lowest BCUT2D eigenvalue weighted by Crippen LogP contribution is -2.35. The van der Waals surface area contributed by atoms with Gasteiger partial charge in [0.15, 0.2) is 0 Å². The highest BCUT2D eigenvalue weighted by atomic mass is 16.5. The van der Waals surface area contributed by atoms with Gasteiger partial charge >= 0.3 is 0 Å². The van der Waals surface area contributed by atoms with E-state index in [0.29, 0.717) is 39.0 Å². The van der Waals surface area contributed by atoms with E-state index in [1.165, 1.54) is 0 Å². The second-order valence-electron chi connectivity index (χ2n) is 3.64. The lowest BCUT2D eigenvalue weighted by atomic mass is 10.2. The van der Waals surface area contributed by atoms with Crippen LogP contribution in [0.3, 0.4) is 0 Å². The van der Waals surface area contributed by atoms with Gasteiger partial charge in [-0.1, -0.05) is 6.92 Å². The van der Waals surface area contributed by atoms with Crippen LogP contribution in [0.1, 0.15) is 27.2 Å². The van der Waals surface area contributed by atoms with Gasteiger partial charge in [-0.25, -0.2) is 0 Å². The average Bonchev–Trinajstić information content (AvgIpc) is 2.25. The van der Waals surface area contributed by atoms with Gasteiger partial charge < -0.3 is 19.9 Å². The first-order chi connectivity index (χ1) is 7.20. The minimum atomic E-state index is -0.430. The number of hydrogen-bond donors (Lipinski definition) is 2. The number of rotatable bonds is 10. The first kappa shape index (κ1) is 14.8. The standard InChI is InChI=1S/C11H25NO3/c1-4-10(3)12-8-11(13)9-15-7-6-14-5-2/h10-13H,4-9H2,1-3H3. The minimum absolute atomic E-state index is 0.372. The van der Waals surface area contributed by atoms with Crippen molar-refractivity contribution in [1.82, 2.24) is 5.32 Å². The quantitative estimate of drug-likeness (QED) is 0.533. The van der Waals surface area contributed by atoms with Crippen molar-refractivity contribution in [2.75, 3.05) is 33.0 Å². The molecule has 0 spiro atoms. The van der Waals surface area contributed by atoms with E-state index >= 15 is 0 Å². The van der Waals surface area contributed by atoms with Crippen LogP contribution < -0.4 is 5.32 Å². The molecular formula is C11H25NO3. The summed E-state index contributed by atoms with van der Waals surface area (Å²) in [4.78, 5) is 0. The molecule has 0 aromatic rings. The van der Waals surface area contributed by atoms with E-state index in [9.17, 15) is 5.11 Å². The highest BCUT2D eigenvalue weighted by molar-refractivity contribution is 4.63. The molecule has 2 atom stereocenters. The summed E-state index contributed by atoms with van der Waals surface area (Å²) in [6.07, 6.45) is 0.637. The molecule has 0 rings (SSSR count). The van der Waals surface area contributed by atoms with Crippen LogP contribution in [0.4, 0.5) is 0 Å². The fraction of sp³-hybridized carbons (Fsp3) is 1.00. The van der Waals surface area contributed by atoms with Crippen LogP contribution in [0.2, 0.25) is 0 Å². The van der Waals surface area contributed by atoms with Crippen molar-refractivity contribution in [3.05, 3.63) is 0 Å². The second-order valence-corrected chi connectivity index (χ2v) is 3.64. The summed E-state index contributed by atoms with van der Waals surface area (Å²) in [6.45, 7) is 8.98. The Morgan fingerprint density at radius 3 is 2.47 bits per heavy atom. The van der Waals surface area contributed by atoms with Crippen molar-refractivity contribution < 1.29 is 14.6 Å². The van der Waals surface area contributed by atoms with Crippen LogP contribution in [0.15, 0.2) is 0 Å². The van der Waals surface area contributed by atoms with E-state index < -0.39 is 6.10 Å². The van der Waals surface area contributed by atoms with Gasteiger partial charge in [-0.3, -0.25) is 0 Å². The summed E-state index contributed by atoms with van der Waals surface area (Å²) in [5.41, 5.74) is 0. The number of aliphatic hydroxyl groups is 1. The maximum atomic E-state index is 9.52. The van der Waals surface area contributed by atoms with Crippen LogP contribution in [0, 0.1) is 0 Å². The molecule has 0 saturated heterocycles. The summed E-state index contributed by atoms with van der Waals surface area (Å²) in [6, 6.07) is 0.447. The van der Waals surface area contributed by atoms with Crippen LogP contribution >= 0.6 is 0 Å². The summed E-state index contributed by atoms with van der Waals surface area (Å²) in [7, 11) is 0. The van der Waals surface area contributed by atoms with Gasteiger partial charge in [0.1, 0.15) is 0 Å². The van der Waals surface area contributed by atoms with Crippen molar-refractivity contribution in [3.8, 4) is 0 Å². The highest BCUT2D eigenvalue weighted by Crippen LogP contribution is 1.90. The zero-order valence-corrected chi connectivity index (χ0v) is 10.2. The molecule has 0 saturated carbocycles. The third-order valence-corrected chi connectivity index (χ3v) is 2.20. The number of ether oxygens (including phenoxy) is 2. The molecule has 0 aromatic heterocycles. The minimum Gasteiger partial charge on any atom is -0.389 e. The van der Waals surface area contributed by atoms with E-state index in [0.717, 1.165) is 6.42 Å². The van der Waals surface area contributed by atoms with E-state index in [2.05, 4.69) is 19.2 Å². The summed E-state index contributed by atoms with van der Waals surface area (Å²) in [5.74, 6) is 0. The van der Waals surface area contributed by atoms with Crippen molar-refractivity contribution in [2.24, 2.45) is 0 Å². The largest absolute Gasteiger partial charge is 0.389 e. The molecule has 0 radical (unpaired) electrons. The first-order valence-electron chi connectivity index (χ1n) is 5.77. The van der Waals surface area contributed by atoms with Crippen molar-refractivity contribution in [3.63, 3.8) is 0 Å². The molecule has 0 fully saturated rings. The lowest BCUT2D eigenvalue weighted by molar-refractivity contribution is 0.00585. The van der Waals surface area contributed by atoms with Crippen LogP contribution in [-0.2, 0) is 9.47 Å². The Morgan fingerprint density at radius 2 is 1.87 bits per heavy atom. The molecule has 2 unspecified atom stereocenters. The first-order valence-corrected chi connectivity index (χ1v) is 5.77. The Morgan fingerprint density at radius 1 is 1.20 bits per heavy atom. The molecule has 0 aromatic carbocycles. The number of nitrogens with one attached hydrogen (secondary N) is 1. The molecule has 92 valence electrons. The molecule has 0 aliphatic rings. The zero-order valence-electron chi connectivity index (χ0n) is 10.2. The molecule has 0 amide bonds. The summed E-state index contributed by atoms with van der Waals surface area (Å²) in [5, 5.41) is 12.7. The molecule has 4 nitrogen and oxygen atoms in total. The highest BCUT2D eigenvalue weighted by Gasteiger charge is 2.05. The predicted molar refractivity (Wildman–Crippen MR) is 61.1 cm³/mol. The molecular weight excluding hydrogens is 194 g/mol. The van der Waals surface area contributed by atoms with E-state index in [1.54, 1.807) is 0 Å². The molecule has 15 heavy (non-hydrogen) atoms. The fourth-order valence-electron chi connectivity index (χ4n) is 1.02. The van der Waals surface area contributed by atoms with Gasteiger partial charge in [0.05, 0.1) is 25.9 Å². The van der Waals surface area contributed by atoms with Gasteiger partial charge in [0, 0.05) is 19.2 Å². The van der Waals surface area contributed by atoms with Crippen LogP contribution in [0.25, 0.3) is 0 Å². The third-order valence-electron chi connectivity index (χ3n) is 2.20. The molecule has 0 heterocycles. The molecule has 4 heteroatoms. The smallest absolute Gasteiger partial charge is 0.0897 e. The van der Waals surface area contributed by atoms with Gasteiger partial charge in [0.25, 0.3) is 0 Å². The summed E-state index contributed by atoms with van der Waals surface area (Å²) < 4.78 is 10.4. The molecule has 2 N–H and O–H groups in total. The molecule has 0 bridgehead atoms. The van der Waals surface area contributed by atoms with Crippen molar-refractivity contribution in [1.29, 1.82) is 0 Å². The third kappa shape index (κ3) is 10.1. The fourth-order valence-corrected chi connectivity index (χ4v) is 1.02. The van der Waals surface area contributed by atoms with Gasteiger partial charge in [-0.2, -0.15) is 0 Å². The maximum Gasteiger partial charge on any atom is 0.0897 e. The Balaban J connectivity index is 3.21. The second kappa shape index (κ2) is 10.4. The van der Waals surface area contributed by atoms with Gasteiger partial charge in [-0.15, -0.1) is 0 Å². The SMILES string of the molecule is CCOCCOCC(O)CNC(C)CC. The number of aliphatic hydroxyl groups excluding tert-OH is 1. The van der Waals surface area contributed by atoms with Gasteiger partial charge in [-0.05, 0) is 20.3 Å². The Hall–Kier alpha value is -0.160. The maximum absolute atomic E-state index is 9.52. The Kier molecular flexibility index (Phi) is 10.3. The summed E-state index contributed by atoms with van der Waals surface area (Å²) >= 11 is 0. The van der Waals surface area contributed by atoms with Crippen molar-refractivity contribution >= 4 is 0 Å². The van der Waals surface area contributed by atoms with Crippen LogP contribution in [-0.4, -0.2) is 50.2 Å². The Bertz CT molecular complexity index is 133. The lowest BCUT2D eigenvalue weighted by Gasteiger charge is -2.15. The van der Waals surface area contributed by atoms with Crippen molar-refractivity contribution in [2.45, 2.75) is 39.3 Å². The molecule has 0 aliphatic carbocycles. The Labute approximate surface area is 93.0 Å². The normalized spacial score (nSPS) is 15.2. The monoisotopic (exact) mass is 219 g/mol. The van der Waals surface area contributed by atoms with E-state index in [4.69, 9.17) is 9.47 Å². The molecule has 0 aliphatic heterocycles. The zero-order chi connectivity index (χ0) is 11.5. The van der Waals surface area contributed by atoms with E-state index in [1.807, 2.05) is 6.92 Å². The number of hydrogen-bond acceptors (Lipinski definition) is 4. The predicted octanol–water partition coefficient (Wildman–Crippen LogP) is 0.788. The topological polar surface area (TPSA) is 50.7 Å². The van der Waals surface area contributed by atoms with E-state index in [-0.39, 0.29) is 0 Å². The average molecular weight is 219 g/mol. The van der Waals surface area contributed by atoms with Crippen LogP contribution in [0.5, 0.6) is 0 Å². The van der Waals surface area contributed by atoms with Gasteiger partial charge in [0.2, 0.25) is 0 Å².